The van der Waals surface area contributed by atoms with Gasteiger partial charge in [0.2, 0.25) is 5.91 Å². The van der Waals surface area contributed by atoms with Crippen molar-refractivity contribution in [2.24, 2.45) is 0 Å². The normalized spacial score (nSPS) is 24.4. The van der Waals surface area contributed by atoms with Crippen molar-refractivity contribution in [3.63, 3.8) is 0 Å². The summed E-state index contributed by atoms with van der Waals surface area (Å²) in [6.45, 7) is 11.2. The number of nitrogens with zero attached hydrogens (tertiary/aromatic N) is 2. The number of carbonyl (C=O) groups is 1. The largest absolute Gasteiger partial charge is 0.339 e. The van der Waals surface area contributed by atoms with Crippen LogP contribution in [0.5, 0.6) is 0 Å². The molecule has 1 amide bonds. The van der Waals surface area contributed by atoms with Crippen molar-refractivity contribution in [2.45, 2.75) is 57.7 Å². The monoisotopic (exact) mass is 239 g/mol. The van der Waals surface area contributed by atoms with E-state index >= 15 is 0 Å². The van der Waals surface area contributed by atoms with Crippen LogP contribution < -0.4 is 0 Å². The van der Waals surface area contributed by atoms with E-state index in [-0.39, 0.29) is 11.9 Å². The lowest BCUT2D eigenvalue weighted by Gasteiger charge is -2.51. The van der Waals surface area contributed by atoms with E-state index in [1.54, 1.807) is 11.9 Å². The number of hydroxylamine groups is 2. The Morgan fingerprint density at radius 2 is 1.71 bits per heavy atom. The number of likely N-dealkylation sites (N-methyl/N-ethyl adjacent to an activating group) is 1. The van der Waals surface area contributed by atoms with Gasteiger partial charge in [0, 0.05) is 24.2 Å². The van der Waals surface area contributed by atoms with Crippen molar-refractivity contribution in [1.82, 2.24) is 9.96 Å². The van der Waals surface area contributed by atoms with Crippen LogP contribution in [0.4, 0.5) is 0 Å². The Morgan fingerprint density at radius 3 is 2.06 bits per heavy atom. The van der Waals surface area contributed by atoms with Gasteiger partial charge in [-0.25, -0.2) is 0 Å². The highest BCUT2D eigenvalue weighted by molar-refractivity contribution is 5.87. The van der Waals surface area contributed by atoms with Crippen LogP contribution >= 0.6 is 0 Å². The van der Waals surface area contributed by atoms with Gasteiger partial charge >= 0.3 is 0 Å². The Morgan fingerprint density at radius 1 is 1.29 bits per heavy atom. The molecule has 0 saturated carbocycles. The summed E-state index contributed by atoms with van der Waals surface area (Å²) in [5, 5.41) is 13.3. The average Bonchev–Trinajstić information content (AvgIpc) is 2.22. The Kier molecular flexibility index (Phi) is 3.69. The lowest BCUT2D eigenvalue weighted by molar-refractivity contribution is -0.293. The first-order valence-electron chi connectivity index (χ1n) is 5.98. The summed E-state index contributed by atoms with van der Waals surface area (Å²) in [5.74, 6) is -0.0825. The van der Waals surface area contributed by atoms with Crippen molar-refractivity contribution in [1.29, 1.82) is 0 Å². The molecular formula is C13H23N2O2. The van der Waals surface area contributed by atoms with Crippen LogP contribution in [-0.2, 0) is 10.0 Å². The highest BCUT2D eigenvalue weighted by atomic mass is 16.5. The molecule has 1 fully saturated rings. The summed E-state index contributed by atoms with van der Waals surface area (Å²) in [6.07, 6.45) is 2.70. The topological polar surface area (TPSA) is 43.5 Å². The number of hydrogen-bond acceptors (Lipinski definition) is 2. The summed E-state index contributed by atoms with van der Waals surface area (Å²) >= 11 is 0. The van der Waals surface area contributed by atoms with Gasteiger partial charge in [0.15, 0.2) is 0 Å². The van der Waals surface area contributed by atoms with Gasteiger partial charge in [0.1, 0.15) is 0 Å². The molecule has 0 atom stereocenters. The fourth-order valence-corrected chi connectivity index (χ4v) is 2.81. The van der Waals surface area contributed by atoms with Crippen molar-refractivity contribution in [2.75, 3.05) is 7.05 Å². The first-order valence-corrected chi connectivity index (χ1v) is 5.98. The molecule has 0 aromatic rings. The van der Waals surface area contributed by atoms with Crippen molar-refractivity contribution in [3.05, 3.63) is 12.7 Å². The van der Waals surface area contributed by atoms with E-state index in [1.165, 1.54) is 11.1 Å². The highest BCUT2D eigenvalue weighted by Gasteiger charge is 2.47. The van der Waals surface area contributed by atoms with E-state index in [1.807, 2.05) is 27.7 Å². The Labute approximate surface area is 104 Å². The lowest BCUT2D eigenvalue weighted by atomic mass is 9.78. The molecule has 1 heterocycles. The summed E-state index contributed by atoms with van der Waals surface area (Å²) in [5.41, 5.74) is -0.885. The smallest absolute Gasteiger partial charge is 0.245 e. The number of rotatable bonds is 2. The third-order valence-electron chi connectivity index (χ3n) is 3.64. The molecule has 0 unspecified atom stereocenters. The number of carbonyl (C=O) groups excluding carboxylic acids is 1. The Bertz CT molecular complexity index is 305. The molecule has 0 aliphatic carbocycles. The van der Waals surface area contributed by atoms with Gasteiger partial charge in [-0.15, -0.1) is 10.3 Å². The molecule has 0 N–H and O–H groups in total. The third kappa shape index (κ3) is 2.69. The van der Waals surface area contributed by atoms with Crippen molar-refractivity contribution >= 4 is 5.91 Å². The van der Waals surface area contributed by atoms with Gasteiger partial charge in [-0.3, -0.25) is 4.79 Å². The molecule has 0 aromatic heterocycles. The molecule has 0 spiro atoms. The van der Waals surface area contributed by atoms with E-state index in [2.05, 4.69) is 6.58 Å². The van der Waals surface area contributed by atoms with E-state index in [4.69, 9.17) is 0 Å². The average molecular weight is 239 g/mol. The van der Waals surface area contributed by atoms with Crippen LogP contribution in [0.15, 0.2) is 12.7 Å². The van der Waals surface area contributed by atoms with Gasteiger partial charge in [-0.2, -0.15) is 0 Å². The Balaban J connectivity index is 2.92. The maximum absolute atomic E-state index is 12.2. The van der Waals surface area contributed by atoms with Gasteiger partial charge in [-0.1, -0.05) is 6.58 Å². The first-order chi connectivity index (χ1) is 7.62. The minimum atomic E-state index is -0.442. The zero-order chi connectivity index (χ0) is 13.4. The quantitative estimate of drug-likeness (QED) is 0.692. The number of amides is 1. The predicted octanol–water partition coefficient (Wildman–Crippen LogP) is 2.00. The molecule has 17 heavy (non-hydrogen) atoms. The molecular weight excluding hydrogens is 216 g/mol. The summed E-state index contributed by atoms with van der Waals surface area (Å²) in [4.78, 5) is 13.3. The van der Waals surface area contributed by atoms with Gasteiger partial charge in [-0.05, 0) is 46.6 Å². The fraction of sp³-hybridized carbons (Fsp3) is 0.769. The van der Waals surface area contributed by atoms with Crippen LogP contribution in [0.25, 0.3) is 0 Å². The molecule has 4 heteroatoms. The van der Waals surface area contributed by atoms with Crippen LogP contribution in [0.1, 0.15) is 40.5 Å². The summed E-state index contributed by atoms with van der Waals surface area (Å²) in [7, 11) is 1.78. The molecule has 1 radical (unpaired) electrons. The Hall–Kier alpha value is -0.870. The second-order valence-corrected chi connectivity index (χ2v) is 6.13. The zero-order valence-corrected chi connectivity index (χ0v) is 11.5. The van der Waals surface area contributed by atoms with Crippen LogP contribution in [-0.4, -0.2) is 40.0 Å². The van der Waals surface area contributed by atoms with Crippen molar-refractivity contribution < 1.29 is 10.0 Å². The minimum absolute atomic E-state index is 0.0825. The molecule has 1 aliphatic rings. The predicted molar refractivity (Wildman–Crippen MR) is 66.7 cm³/mol. The molecule has 4 nitrogen and oxygen atoms in total. The van der Waals surface area contributed by atoms with Gasteiger partial charge in [0.25, 0.3) is 0 Å². The molecule has 1 aliphatic heterocycles. The van der Waals surface area contributed by atoms with Crippen LogP contribution in [0.2, 0.25) is 0 Å². The number of piperidine rings is 1. The van der Waals surface area contributed by atoms with Crippen LogP contribution in [0.3, 0.4) is 0 Å². The summed E-state index contributed by atoms with van der Waals surface area (Å²) < 4.78 is 0. The highest BCUT2D eigenvalue weighted by Crippen LogP contribution is 2.38. The third-order valence-corrected chi connectivity index (χ3v) is 3.64. The van der Waals surface area contributed by atoms with E-state index < -0.39 is 11.1 Å². The van der Waals surface area contributed by atoms with E-state index in [0.29, 0.717) is 12.8 Å². The molecule has 1 rings (SSSR count). The van der Waals surface area contributed by atoms with E-state index in [9.17, 15) is 10.0 Å². The van der Waals surface area contributed by atoms with E-state index in [0.717, 1.165) is 0 Å². The van der Waals surface area contributed by atoms with Gasteiger partial charge < -0.3 is 4.90 Å². The zero-order valence-electron chi connectivity index (χ0n) is 11.5. The fourth-order valence-electron chi connectivity index (χ4n) is 2.81. The number of hydrogen-bond donors (Lipinski definition) is 0. The molecule has 1 saturated heterocycles. The second-order valence-electron chi connectivity index (χ2n) is 6.13. The standard InChI is InChI=1S/C13H23N2O2/c1-7-11(16)14(6)10-8-12(2,3)15(17)13(4,5)9-10/h7,10H,1,8-9H2,2-6H3. The van der Waals surface area contributed by atoms with Crippen molar-refractivity contribution in [3.8, 4) is 0 Å². The maximum Gasteiger partial charge on any atom is 0.245 e. The molecule has 0 bridgehead atoms. The minimum Gasteiger partial charge on any atom is -0.339 e. The summed E-state index contributed by atoms with van der Waals surface area (Å²) in [6, 6.07) is 0.0932. The second kappa shape index (κ2) is 4.42. The van der Waals surface area contributed by atoms with Gasteiger partial charge in [0.05, 0.1) is 0 Å². The maximum atomic E-state index is 12.2. The molecule has 97 valence electrons. The van der Waals surface area contributed by atoms with Crippen LogP contribution in [0, 0.1) is 0 Å². The SMILES string of the molecule is C=CC(=O)N(C)C1CC(C)(C)N([O])C(C)(C)C1. The lowest BCUT2D eigenvalue weighted by Crippen LogP contribution is -2.62. The molecule has 0 aromatic carbocycles. The first kappa shape index (κ1) is 14.2.